The van der Waals surface area contributed by atoms with Crippen LogP contribution in [-0.2, 0) is 0 Å². The zero-order valence-electron chi connectivity index (χ0n) is 11.5. The molecular weight excluding hydrogens is 248 g/mol. The molecule has 0 radical (unpaired) electrons. The lowest BCUT2D eigenvalue weighted by atomic mass is 10.2. The summed E-state index contributed by atoms with van der Waals surface area (Å²) in [7, 11) is 0. The predicted octanol–water partition coefficient (Wildman–Crippen LogP) is 4.04. The summed E-state index contributed by atoms with van der Waals surface area (Å²) >= 11 is 0. The highest BCUT2D eigenvalue weighted by Crippen LogP contribution is 2.18. The Morgan fingerprint density at radius 3 is 2.40 bits per heavy atom. The number of anilines is 1. The van der Waals surface area contributed by atoms with Crippen molar-refractivity contribution >= 4 is 22.5 Å². The Bertz CT molecular complexity index is 769. The first-order valence-electron chi connectivity index (χ1n) is 6.59. The van der Waals surface area contributed by atoms with Crippen LogP contribution in [0.15, 0.2) is 48.5 Å². The van der Waals surface area contributed by atoms with Crippen LogP contribution in [0.4, 0.5) is 5.69 Å². The molecule has 3 nitrogen and oxygen atoms in total. The molecule has 1 heterocycles. The highest BCUT2D eigenvalue weighted by Gasteiger charge is 2.09. The first kappa shape index (κ1) is 12.5. The largest absolute Gasteiger partial charge is 0.351 e. The Morgan fingerprint density at radius 1 is 0.950 bits per heavy atom. The van der Waals surface area contributed by atoms with Crippen LogP contribution in [0, 0.1) is 13.8 Å². The van der Waals surface area contributed by atoms with E-state index >= 15 is 0 Å². The summed E-state index contributed by atoms with van der Waals surface area (Å²) in [5, 5.41) is 3.95. The lowest BCUT2D eigenvalue weighted by Crippen LogP contribution is -2.12. The van der Waals surface area contributed by atoms with E-state index in [0.717, 1.165) is 16.6 Å². The number of hydrogen-bond donors (Lipinski definition) is 2. The summed E-state index contributed by atoms with van der Waals surface area (Å²) < 4.78 is 0. The van der Waals surface area contributed by atoms with Gasteiger partial charge in [0.2, 0.25) is 0 Å². The topological polar surface area (TPSA) is 44.9 Å². The Balaban J connectivity index is 1.86. The van der Waals surface area contributed by atoms with E-state index in [1.165, 1.54) is 11.1 Å². The van der Waals surface area contributed by atoms with Gasteiger partial charge in [0, 0.05) is 16.6 Å². The van der Waals surface area contributed by atoms with E-state index in [2.05, 4.69) is 16.4 Å². The standard InChI is InChI=1S/C17H16N2O/c1-11-3-6-14(7-4-11)18-17(20)16-10-13-9-12(2)5-8-15(13)19-16/h3-10,19H,1-2H3,(H,18,20). The van der Waals surface area contributed by atoms with Gasteiger partial charge in [-0.3, -0.25) is 4.79 Å². The summed E-state index contributed by atoms with van der Waals surface area (Å²) in [6, 6.07) is 15.7. The number of hydrogen-bond acceptors (Lipinski definition) is 1. The van der Waals surface area contributed by atoms with E-state index in [9.17, 15) is 4.79 Å². The first-order chi connectivity index (χ1) is 9.61. The molecule has 0 fully saturated rings. The molecule has 1 amide bonds. The number of aryl methyl sites for hydroxylation is 2. The second-order valence-electron chi connectivity index (χ2n) is 5.09. The smallest absolute Gasteiger partial charge is 0.272 e. The molecule has 0 bridgehead atoms. The molecule has 0 saturated heterocycles. The van der Waals surface area contributed by atoms with E-state index in [-0.39, 0.29) is 5.91 Å². The van der Waals surface area contributed by atoms with Crippen molar-refractivity contribution in [3.8, 4) is 0 Å². The minimum atomic E-state index is -0.122. The molecule has 2 N–H and O–H groups in total. The van der Waals surface area contributed by atoms with Crippen LogP contribution in [-0.4, -0.2) is 10.9 Å². The normalized spacial score (nSPS) is 10.7. The highest BCUT2D eigenvalue weighted by atomic mass is 16.1. The molecule has 0 saturated carbocycles. The molecule has 0 aliphatic carbocycles. The molecule has 20 heavy (non-hydrogen) atoms. The second-order valence-corrected chi connectivity index (χ2v) is 5.09. The minimum Gasteiger partial charge on any atom is -0.351 e. The summed E-state index contributed by atoms with van der Waals surface area (Å²) in [6.45, 7) is 4.06. The Morgan fingerprint density at radius 2 is 1.65 bits per heavy atom. The van der Waals surface area contributed by atoms with E-state index in [1.807, 2.05) is 56.3 Å². The van der Waals surface area contributed by atoms with Crippen LogP contribution in [0.5, 0.6) is 0 Å². The zero-order valence-corrected chi connectivity index (χ0v) is 11.5. The number of aromatic nitrogens is 1. The Hall–Kier alpha value is -2.55. The van der Waals surface area contributed by atoms with Crippen LogP contribution in [0.25, 0.3) is 10.9 Å². The lowest BCUT2D eigenvalue weighted by Gasteiger charge is -2.03. The van der Waals surface area contributed by atoms with Crippen molar-refractivity contribution in [2.45, 2.75) is 13.8 Å². The number of benzene rings is 2. The number of H-pyrrole nitrogens is 1. The summed E-state index contributed by atoms with van der Waals surface area (Å²) in [6.07, 6.45) is 0. The number of fused-ring (bicyclic) bond motifs is 1. The van der Waals surface area contributed by atoms with E-state index < -0.39 is 0 Å². The molecule has 3 rings (SSSR count). The lowest BCUT2D eigenvalue weighted by molar-refractivity contribution is 0.102. The zero-order chi connectivity index (χ0) is 14.1. The summed E-state index contributed by atoms with van der Waals surface area (Å²) in [5.74, 6) is -0.122. The maximum atomic E-state index is 12.2. The van der Waals surface area contributed by atoms with Crippen molar-refractivity contribution in [1.82, 2.24) is 4.98 Å². The fourth-order valence-corrected chi connectivity index (χ4v) is 2.21. The molecule has 0 atom stereocenters. The fourth-order valence-electron chi connectivity index (χ4n) is 2.21. The molecule has 3 heteroatoms. The highest BCUT2D eigenvalue weighted by molar-refractivity contribution is 6.05. The van der Waals surface area contributed by atoms with Crippen molar-refractivity contribution in [3.05, 3.63) is 65.4 Å². The van der Waals surface area contributed by atoms with Crippen LogP contribution in [0.3, 0.4) is 0 Å². The van der Waals surface area contributed by atoms with Gasteiger partial charge in [-0.05, 0) is 44.2 Å². The fraction of sp³-hybridized carbons (Fsp3) is 0.118. The molecule has 100 valence electrons. The molecule has 0 spiro atoms. The molecule has 3 aromatic rings. The minimum absolute atomic E-state index is 0.122. The molecule has 1 aromatic heterocycles. The molecule has 0 aliphatic rings. The third kappa shape index (κ3) is 2.43. The third-order valence-electron chi connectivity index (χ3n) is 3.33. The number of carbonyl (C=O) groups is 1. The van der Waals surface area contributed by atoms with Gasteiger partial charge in [-0.15, -0.1) is 0 Å². The summed E-state index contributed by atoms with van der Waals surface area (Å²) in [5.41, 5.74) is 4.71. The predicted molar refractivity (Wildman–Crippen MR) is 82.2 cm³/mol. The van der Waals surface area contributed by atoms with Crippen molar-refractivity contribution in [3.63, 3.8) is 0 Å². The van der Waals surface area contributed by atoms with E-state index in [4.69, 9.17) is 0 Å². The van der Waals surface area contributed by atoms with Gasteiger partial charge in [0.1, 0.15) is 5.69 Å². The molecule has 0 aliphatic heterocycles. The van der Waals surface area contributed by atoms with Crippen molar-refractivity contribution in [2.75, 3.05) is 5.32 Å². The first-order valence-corrected chi connectivity index (χ1v) is 6.59. The van der Waals surface area contributed by atoms with Crippen molar-refractivity contribution < 1.29 is 4.79 Å². The number of nitrogens with one attached hydrogen (secondary N) is 2. The van der Waals surface area contributed by atoms with Gasteiger partial charge in [-0.2, -0.15) is 0 Å². The van der Waals surface area contributed by atoms with Crippen molar-refractivity contribution in [1.29, 1.82) is 0 Å². The van der Waals surface area contributed by atoms with Crippen molar-refractivity contribution in [2.24, 2.45) is 0 Å². The van der Waals surface area contributed by atoms with Crippen LogP contribution >= 0.6 is 0 Å². The maximum absolute atomic E-state index is 12.2. The van der Waals surface area contributed by atoms with E-state index in [1.54, 1.807) is 0 Å². The van der Waals surface area contributed by atoms with Gasteiger partial charge in [-0.25, -0.2) is 0 Å². The molecular formula is C17H16N2O. The monoisotopic (exact) mass is 264 g/mol. The summed E-state index contributed by atoms with van der Waals surface area (Å²) in [4.78, 5) is 15.4. The average molecular weight is 264 g/mol. The Kier molecular flexibility index (Phi) is 3.03. The molecule has 2 aromatic carbocycles. The third-order valence-corrected chi connectivity index (χ3v) is 3.33. The quantitative estimate of drug-likeness (QED) is 0.721. The number of carbonyl (C=O) groups excluding carboxylic acids is 1. The van der Waals surface area contributed by atoms with E-state index in [0.29, 0.717) is 5.69 Å². The number of amides is 1. The number of rotatable bonds is 2. The van der Waals surface area contributed by atoms with Gasteiger partial charge >= 0.3 is 0 Å². The van der Waals surface area contributed by atoms with Gasteiger partial charge in [-0.1, -0.05) is 29.3 Å². The SMILES string of the molecule is Cc1ccc(NC(=O)c2cc3cc(C)ccc3[nH]2)cc1. The van der Waals surface area contributed by atoms with Gasteiger partial charge < -0.3 is 10.3 Å². The Labute approximate surface area is 117 Å². The second kappa shape index (κ2) is 4.85. The van der Waals surface area contributed by atoms with Gasteiger partial charge in [0.25, 0.3) is 5.91 Å². The average Bonchev–Trinajstić information content (AvgIpc) is 2.84. The molecule has 0 unspecified atom stereocenters. The van der Waals surface area contributed by atoms with Crippen LogP contribution in [0.2, 0.25) is 0 Å². The number of aromatic amines is 1. The van der Waals surface area contributed by atoms with Crippen LogP contribution < -0.4 is 5.32 Å². The van der Waals surface area contributed by atoms with Gasteiger partial charge in [0.15, 0.2) is 0 Å². The maximum Gasteiger partial charge on any atom is 0.272 e. The van der Waals surface area contributed by atoms with Gasteiger partial charge in [0.05, 0.1) is 0 Å². The van der Waals surface area contributed by atoms with Crippen LogP contribution in [0.1, 0.15) is 21.6 Å².